The average molecular weight is 337 g/mol. The van der Waals surface area contributed by atoms with Gasteiger partial charge in [0.15, 0.2) is 0 Å². The average Bonchev–Trinajstić information content (AvgIpc) is 2.65. The van der Waals surface area contributed by atoms with Gasteiger partial charge >= 0.3 is 0 Å². The molecule has 0 unspecified atom stereocenters. The molecule has 0 aliphatic carbocycles. The van der Waals surface area contributed by atoms with Crippen molar-refractivity contribution in [2.45, 2.75) is 11.3 Å². The molecule has 1 fully saturated rings. The van der Waals surface area contributed by atoms with Gasteiger partial charge in [0.1, 0.15) is 10.7 Å². The smallest absolute Gasteiger partial charge is 0.246 e. The molecular weight excluding hydrogens is 319 g/mol. The van der Waals surface area contributed by atoms with E-state index in [9.17, 15) is 12.8 Å². The number of β-amino-alcohol motifs (C(OH)–C–C–N with tert-alkyl or cyclic N) is 1. The zero-order valence-electron chi connectivity index (χ0n) is 11.5. The minimum absolute atomic E-state index is 0.0402. The SMILES string of the molecule is O=S(=O)(c1ccc(Cl)cc1F)N1CCCN(CCO)CC1. The number of hydrogen-bond donors (Lipinski definition) is 1. The fraction of sp³-hybridized carbons (Fsp3) is 0.538. The lowest BCUT2D eigenvalue weighted by atomic mass is 10.3. The zero-order chi connectivity index (χ0) is 15.5. The molecule has 1 N–H and O–H groups in total. The summed E-state index contributed by atoms with van der Waals surface area (Å²) in [5.41, 5.74) is 0. The third-order valence-electron chi connectivity index (χ3n) is 3.48. The molecule has 0 spiro atoms. The number of benzene rings is 1. The molecule has 0 saturated carbocycles. The number of halogens is 2. The normalized spacial score (nSPS) is 18.6. The van der Waals surface area contributed by atoms with Crippen molar-refractivity contribution in [3.63, 3.8) is 0 Å². The van der Waals surface area contributed by atoms with Crippen LogP contribution in [0.1, 0.15) is 6.42 Å². The summed E-state index contributed by atoms with van der Waals surface area (Å²) in [5, 5.41) is 9.10. The topological polar surface area (TPSA) is 60.9 Å². The summed E-state index contributed by atoms with van der Waals surface area (Å²) in [6.45, 7) is 2.42. The van der Waals surface area contributed by atoms with Gasteiger partial charge in [-0.3, -0.25) is 4.90 Å². The molecule has 8 heteroatoms. The van der Waals surface area contributed by atoms with Gasteiger partial charge in [-0.05, 0) is 31.2 Å². The van der Waals surface area contributed by atoms with Crippen LogP contribution in [0, 0.1) is 5.82 Å². The van der Waals surface area contributed by atoms with Gasteiger partial charge in [-0.1, -0.05) is 11.6 Å². The van der Waals surface area contributed by atoms with Crippen LogP contribution in [0.4, 0.5) is 4.39 Å². The van der Waals surface area contributed by atoms with Crippen molar-refractivity contribution in [3.8, 4) is 0 Å². The summed E-state index contributed by atoms with van der Waals surface area (Å²) >= 11 is 5.65. The van der Waals surface area contributed by atoms with Gasteiger partial charge in [0.2, 0.25) is 10.0 Å². The Labute approximate surface area is 129 Å². The van der Waals surface area contributed by atoms with Crippen LogP contribution in [0.15, 0.2) is 23.1 Å². The summed E-state index contributed by atoms with van der Waals surface area (Å²) in [7, 11) is -3.86. The minimum atomic E-state index is -3.86. The molecule has 21 heavy (non-hydrogen) atoms. The van der Waals surface area contributed by atoms with Crippen molar-refractivity contribution >= 4 is 21.6 Å². The van der Waals surface area contributed by atoms with Gasteiger partial charge in [-0.25, -0.2) is 12.8 Å². The summed E-state index contributed by atoms with van der Waals surface area (Å²) < 4.78 is 40.2. The van der Waals surface area contributed by atoms with E-state index < -0.39 is 15.8 Å². The molecule has 1 saturated heterocycles. The second-order valence-corrected chi connectivity index (χ2v) is 7.24. The number of rotatable bonds is 4. The number of sulfonamides is 1. The predicted octanol–water partition coefficient (Wildman–Crippen LogP) is 1.17. The summed E-state index contributed by atoms with van der Waals surface area (Å²) in [6, 6.07) is 3.57. The molecule has 2 rings (SSSR count). The largest absolute Gasteiger partial charge is 0.395 e. The van der Waals surface area contributed by atoms with Crippen LogP contribution in [-0.4, -0.2) is 62.1 Å². The molecule has 1 heterocycles. The lowest BCUT2D eigenvalue weighted by Gasteiger charge is -2.21. The van der Waals surface area contributed by atoms with E-state index in [-0.39, 0.29) is 23.1 Å². The highest BCUT2D eigenvalue weighted by molar-refractivity contribution is 7.89. The number of aliphatic hydroxyl groups is 1. The van der Waals surface area contributed by atoms with Crippen molar-refractivity contribution in [2.24, 2.45) is 0 Å². The quantitative estimate of drug-likeness (QED) is 0.896. The van der Waals surface area contributed by atoms with E-state index in [1.165, 1.54) is 16.4 Å². The van der Waals surface area contributed by atoms with Crippen LogP contribution in [-0.2, 0) is 10.0 Å². The molecule has 0 atom stereocenters. The molecule has 5 nitrogen and oxygen atoms in total. The Kier molecular flexibility index (Phi) is 5.56. The molecule has 0 amide bonds. The highest BCUT2D eigenvalue weighted by Crippen LogP contribution is 2.23. The monoisotopic (exact) mass is 336 g/mol. The molecule has 0 aromatic heterocycles. The Morgan fingerprint density at radius 2 is 2.00 bits per heavy atom. The maximum absolute atomic E-state index is 13.9. The van der Waals surface area contributed by atoms with Crippen molar-refractivity contribution in [1.82, 2.24) is 9.21 Å². The highest BCUT2D eigenvalue weighted by atomic mass is 35.5. The fourth-order valence-electron chi connectivity index (χ4n) is 2.38. The third kappa shape index (κ3) is 3.92. The van der Waals surface area contributed by atoms with E-state index in [0.29, 0.717) is 26.1 Å². The summed E-state index contributed by atoms with van der Waals surface area (Å²) in [4.78, 5) is 1.65. The number of aliphatic hydroxyl groups excluding tert-OH is 1. The summed E-state index contributed by atoms with van der Waals surface area (Å²) in [6.07, 6.45) is 0.647. The van der Waals surface area contributed by atoms with Crippen LogP contribution < -0.4 is 0 Å². The third-order valence-corrected chi connectivity index (χ3v) is 5.64. The van der Waals surface area contributed by atoms with Crippen molar-refractivity contribution in [2.75, 3.05) is 39.3 Å². The van der Waals surface area contributed by atoms with Crippen LogP contribution in [0.25, 0.3) is 0 Å². The predicted molar refractivity (Wildman–Crippen MR) is 78.3 cm³/mol. The molecule has 1 aromatic carbocycles. The van der Waals surface area contributed by atoms with Crippen molar-refractivity contribution < 1.29 is 17.9 Å². The second-order valence-electron chi connectivity index (χ2n) is 4.90. The van der Waals surface area contributed by atoms with Crippen molar-refractivity contribution in [1.29, 1.82) is 0 Å². The lowest BCUT2D eigenvalue weighted by Crippen LogP contribution is -2.36. The molecule has 1 aliphatic rings. The maximum atomic E-state index is 13.9. The molecule has 0 radical (unpaired) electrons. The first kappa shape index (κ1) is 16.6. The lowest BCUT2D eigenvalue weighted by molar-refractivity contribution is 0.202. The van der Waals surface area contributed by atoms with Crippen molar-refractivity contribution in [3.05, 3.63) is 29.0 Å². The molecule has 118 valence electrons. The van der Waals surface area contributed by atoms with E-state index in [4.69, 9.17) is 16.7 Å². The Morgan fingerprint density at radius 3 is 2.67 bits per heavy atom. The molecular formula is C13H18ClFN2O3S. The number of hydrogen-bond acceptors (Lipinski definition) is 4. The van der Waals surface area contributed by atoms with Gasteiger partial charge < -0.3 is 5.11 Å². The van der Waals surface area contributed by atoms with Gasteiger partial charge in [-0.15, -0.1) is 0 Å². The standard InChI is InChI=1S/C13H18ClFN2O3S/c14-11-2-3-13(12(15)10-11)21(19,20)17-5-1-4-16(6-7-17)8-9-18/h2-3,10,18H,1,4-9H2. The Bertz CT molecular complexity index is 597. The van der Waals surface area contributed by atoms with E-state index in [0.717, 1.165) is 12.6 Å². The fourth-order valence-corrected chi connectivity index (χ4v) is 4.05. The minimum Gasteiger partial charge on any atom is -0.395 e. The van der Waals surface area contributed by atoms with Gasteiger partial charge in [0.25, 0.3) is 0 Å². The molecule has 1 aliphatic heterocycles. The van der Waals surface area contributed by atoms with E-state index in [1.807, 2.05) is 4.90 Å². The molecule has 1 aromatic rings. The van der Waals surface area contributed by atoms with Crippen LogP contribution in [0.5, 0.6) is 0 Å². The summed E-state index contributed by atoms with van der Waals surface area (Å²) in [5.74, 6) is -0.834. The maximum Gasteiger partial charge on any atom is 0.246 e. The number of nitrogens with zero attached hydrogens (tertiary/aromatic N) is 2. The van der Waals surface area contributed by atoms with Crippen LogP contribution in [0.2, 0.25) is 5.02 Å². The molecule has 0 bridgehead atoms. The van der Waals surface area contributed by atoms with Crippen LogP contribution in [0.3, 0.4) is 0 Å². The second kappa shape index (κ2) is 7.02. The van der Waals surface area contributed by atoms with Gasteiger partial charge in [-0.2, -0.15) is 4.31 Å². The Morgan fingerprint density at radius 1 is 1.24 bits per heavy atom. The highest BCUT2D eigenvalue weighted by Gasteiger charge is 2.29. The first-order valence-corrected chi connectivity index (χ1v) is 8.55. The zero-order valence-corrected chi connectivity index (χ0v) is 13.1. The van der Waals surface area contributed by atoms with Gasteiger partial charge in [0, 0.05) is 31.2 Å². The van der Waals surface area contributed by atoms with E-state index in [1.54, 1.807) is 0 Å². The first-order valence-electron chi connectivity index (χ1n) is 6.73. The van der Waals surface area contributed by atoms with E-state index >= 15 is 0 Å². The Balaban J connectivity index is 2.19. The van der Waals surface area contributed by atoms with E-state index in [2.05, 4.69) is 0 Å². The van der Waals surface area contributed by atoms with Crippen LogP contribution >= 0.6 is 11.6 Å². The van der Waals surface area contributed by atoms with Gasteiger partial charge in [0.05, 0.1) is 6.61 Å². The first-order chi connectivity index (χ1) is 9.95. The Hall–Kier alpha value is -0.730.